The largest absolute Gasteiger partial charge is 0.352 e. The van der Waals surface area contributed by atoms with Gasteiger partial charge in [0.2, 0.25) is 0 Å². The second-order valence-electron chi connectivity index (χ2n) is 7.11. The van der Waals surface area contributed by atoms with Gasteiger partial charge in [0.1, 0.15) is 0 Å². The van der Waals surface area contributed by atoms with E-state index in [1.54, 1.807) is 18.2 Å². The molecule has 0 bridgehead atoms. The van der Waals surface area contributed by atoms with Crippen LogP contribution in [-0.2, 0) is 0 Å². The average Bonchev–Trinajstić information content (AvgIpc) is 2.67. The van der Waals surface area contributed by atoms with E-state index in [2.05, 4.69) is 24.5 Å². The molecule has 0 unspecified atom stereocenters. The highest BCUT2D eigenvalue weighted by Gasteiger charge is 2.13. The molecule has 3 rings (SSSR count). The van der Waals surface area contributed by atoms with Gasteiger partial charge in [-0.3, -0.25) is 9.59 Å². The lowest BCUT2D eigenvalue weighted by molar-refractivity contribution is 0.0948. The van der Waals surface area contributed by atoms with Crippen LogP contribution in [0.5, 0.6) is 0 Å². The molecule has 3 aromatic carbocycles. The molecular weight excluding hydrogens is 336 g/mol. The van der Waals surface area contributed by atoms with E-state index in [0.717, 1.165) is 16.3 Å². The van der Waals surface area contributed by atoms with Crippen molar-refractivity contribution in [2.24, 2.45) is 5.92 Å². The molecule has 4 nitrogen and oxygen atoms in total. The highest BCUT2D eigenvalue weighted by molar-refractivity contribution is 6.13. The highest BCUT2D eigenvalue weighted by atomic mass is 16.2. The van der Waals surface area contributed by atoms with Gasteiger partial charge < -0.3 is 10.6 Å². The molecule has 3 aromatic rings. The van der Waals surface area contributed by atoms with Crippen LogP contribution in [0.15, 0.2) is 60.7 Å². The Hall–Kier alpha value is -3.14. The van der Waals surface area contributed by atoms with Gasteiger partial charge in [0.25, 0.3) is 11.8 Å². The van der Waals surface area contributed by atoms with Crippen LogP contribution in [0, 0.1) is 12.8 Å². The maximum atomic E-state index is 12.8. The molecule has 0 saturated carbocycles. The van der Waals surface area contributed by atoms with Gasteiger partial charge >= 0.3 is 0 Å². The van der Waals surface area contributed by atoms with Crippen molar-refractivity contribution in [3.05, 3.63) is 77.4 Å². The Morgan fingerprint density at radius 3 is 2.41 bits per heavy atom. The quantitative estimate of drug-likeness (QED) is 0.687. The summed E-state index contributed by atoms with van der Waals surface area (Å²) in [6.07, 6.45) is 0. The summed E-state index contributed by atoms with van der Waals surface area (Å²) in [4.78, 5) is 25.0. The van der Waals surface area contributed by atoms with E-state index < -0.39 is 0 Å². The van der Waals surface area contributed by atoms with E-state index >= 15 is 0 Å². The van der Waals surface area contributed by atoms with Crippen molar-refractivity contribution in [2.45, 2.75) is 20.8 Å². The van der Waals surface area contributed by atoms with Gasteiger partial charge in [0.05, 0.1) is 0 Å². The number of amides is 2. The first-order valence-corrected chi connectivity index (χ1v) is 9.13. The van der Waals surface area contributed by atoms with Crippen LogP contribution in [0.25, 0.3) is 10.8 Å². The second kappa shape index (κ2) is 8.04. The normalized spacial score (nSPS) is 10.8. The smallest absolute Gasteiger partial charge is 0.256 e. The number of carbonyl (C=O) groups excluding carboxylic acids is 2. The summed E-state index contributed by atoms with van der Waals surface area (Å²) < 4.78 is 0. The molecule has 2 amide bonds. The van der Waals surface area contributed by atoms with Crippen LogP contribution in [0.3, 0.4) is 0 Å². The lowest BCUT2D eigenvalue weighted by atomic mass is 10.0. The Bertz CT molecular complexity index is 987. The summed E-state index contributed by atoms with van der Waals surface area (Å²) in [6, 6.07) is 18.8. The van der Waals surface area contributed by atoms with Crippen molar-refractivity contribution in [3.8, 4) is 0 Å². The second-order valence-corrected chi connectivity index (χ2v) is 7.11. The molecule has 2 N–H and O–H groups in total. The van der Waals surface area contributed by atoms with Crippen LogP contribution in [-0.4, -0.2) is 18.4 Å². The fourth-order valence-electron chi connectivity index (χ4n) is 2.96. The molecule has 0 aliphatic rings. The molecule has 0 heterocycles. The van der Waals surface area contributed by atoms with Crippen LogP contribution < -0.4 is 10.6 Å². The summed E-state index contributed by atoms with van der Waals surface area (Å²) in [6.45, 7) is 6.63. The molecule has 4 heteroatoms. The zero-order chi connectivity index (χ0) is 19.4. The first-order valence-electron chi connectivity index (χ1n) is 9.13. The van der Waals surface area contributed by atoms with Crippen molar-refractivity contribution in [1.29, 1.82) is 0 Å². The summed E-state index contributed by atoms with van der Waals surface area (Å²) in [5.74, 6) is 0.139. The molecule has 0 atom stereocenters. The third-order valence-corrected chi connectivity index (χ3v) is 4.44. The molecule has 138 valence electrons. The maximum absolute atomic E-state index is 12.8. The lowest BCUT2D eigenvalue weighted by Gasteiger charge is -2.12. The number of hydrogen-bond acceptors (Lipinski definition) is 2. The number of hydrogen-bond donors (Lipinski definition) is 2. The van der Waals surface area contributed by atoms with Crippen molar-refractivity contribution in [1.82, 2.24) is 5.32 Å². The zero-order valence-corrected chi connectivity index (χ0v) is 15.9. The molecule has 0 saturated heterocycles. The minimum absolute atomic E-state index is 0.0984. The number of rotatable bonds is 5. The molecule has 0 aromatic heterocycles. The van der Waals surface area contributed by atoms with Gasteiger partial charge in [0.15, 0.2) is 0 Å². The number of aryl methyl sites for hydroxylation is 1. The van der Waals surface area contributed by atoms with Gasteiger partial charge in [-0.25, -0.2) is 0 Å². The van der Waals surface area contributed by atoms with Crippen LogP contribution in [0.2, 0.25) is 0 Å². The molecule has 0 radical (unpaired) electrons. The Morgan fingerprint density at radius 2 is 1.67 bits per heavy atom. The van der Waals surface area contributed by atoms with Crippen molar-refractivity contribution in [2.75, 3.05) is 11.9 Å². The predicted octanol–water partition coefficient (Wildman–Crippen LogP) is 4.79. The number of carbonyl (C=O) groups is 2. The summed E-state index contributed by atoms with van der Waals surface area (Å²) in [5, 5.41) is 7.81. The number of fused-ring (bicyclic) bond motifs is 1. The number of nitrogens with one attached hydrogen (secondary N) is 2. The fraction of sp³-hybridized carbons (Fsp3) is 0.217. The Labute approximate surface area is 159 Å². The van der Waals surface area contributed by atoms with Gasteiger partial charge in [-0.2, -0.15) is 0 Å². The van der Waals surface area contributed by atoms with Crippen molar-refractivity contribution in [3.63, 3.8) is 0 Å². The molecule has 27 heavy (non-hydrogen) atoms. The minimum atomic E-state index is -0.160. The van der Waals surface area contributed by atoms with Crippen molar-refractivity contribution >= 4 is 28.3 Å². The van der Waals surface area contributed by atoms with E-state index in [9.17, 15) is 9.59 Å². The fourth-order valence-corrected chi connectivity index (χ4v) is 2.96. The Morgan fingerprint density at radius 1 is 0.926 bits per heavy atom. The summed E-state index contributed by atoms with van der Waals surface area (Å²) in [7, 11) is 0. The Balaban J connectivity index is 1.79. The monoisotopic (exact) mass is 360 g/mol. The third-order valence-electron chi connectivity index (χ3n) is 4.44. The van der Waals surface area contributed by atoms with Gasteiger partial charge in [-0.1, -0.05) is 50.2 Å². The molecule has 0 fully saturated rings. The van der Waals surface area contributed by atoms with E-state index in [0.29, 0.717) is 29.3 Å². The van der Waals surface area contributed by atoms with E-state index in [-0.39, 0.29) is 11.8 Å². The third kappa shape index (κ3) is 4.34. The van der Waals surface area contributed by atoms with Crippen LogP contribution in [0.1, 0.15) is 40.1 Å². The minimum Gasteiger partial charge on any atom is -0.352 e. The van der Waals surface area contributed by atoms with Crippen molar-refractivity contribution < 1.29 is 9.59 Å². The average molecular weight is 360 g/mol. The standard InChI is InChI=1S/C23H24N2O2/c1-15(2)14-24-22(26)18-11-12-21(16(3)13-18)25-23(27)20-10-6-8-17-7-4-5-9-19(17)20/h4-13,15H,14H2,1-3H3,(H,24,26)(H,25,27). The molecule has 0 spiro atoms. The van der Waals surface area contributed by atoms with E-state index in [4.69, 9.17) is 0 Å². The maximum Gasteiger partial charge on any atom is 0.256 e. The molecular formula is C23H24N2O2. The topological polar surface area (TPSA) is 58.2 Å². The number of benzene rings is 3. The van der Waals surface area contributed by atoms with E-state index in [1.807, 2.05) is 49.4 Å². The van der Waals surface area contributed by atoms with E-state index in [1.165, 1.54) is 0 Å². The lowest BCUT2D eigenvalue weighted by Crippen LogP contribution is -2.27. The van der Waals surface area contributed by atoms with Gasteiger partial charge in [-0.15, -0.1) is 0 Å². The summed E-state index contributed by atoms with van der Waals surface area (Å²) >= 11 is 0. The SMILES string of the molecule is Cc1cc(C(=O)NCC(C)C)ccc1NC(=O)c1cccc2ccccc12. The molecule has 0 aliphatic carbocycles. The first kappa shape index (κ1) is 18.6. The van der Waals surface area contributed by atoms with Crippen LogP contribution >= 0.6 is 0 Å². The van der Waals surface area contributed by atoms with Gasteiger partial charge in [-0.05, 0) is 53.4 Å². The first-order chi connectivity index (χ1) is 13.0. The Kier molecular flexibility index (Phi) is 5.55. The number of anilines is 1. The summed E-state index contributed by atoms with van der Waals surface area (Å²) in [5.41, 5.74) is 2.77. The van der Waals surface area contributed by atoms with Crippen LogP contribution in [0.4, 0.5) is 5.69 Å². The zero-order valence-electron chi connectivity index (χ0n) is 15.9. The van der Waals surface area contributed by atoms with Gasteiger partial charge in [0, 0.05) is 23.4 Å². The highest BCUT2D eigenvalue weighted by Crippen LogP contribution is 2.22. The predicted molar refractivity (Wildman–Crippen MR) is 110 cm³/mol. The molecule has 0 aliphatic heterocycles.